The molecule has 0 saturated carbocycles. The van der Waals surface area contributed by atoms with E-state index >= 15 is 0 Å². The van der Waals surface area contributed by atoms with E-state index in [4.69, 9.17) is 15.2 Å². The molecule has 0 unspecified atom stereocenters. The third kappa shape index (κ3) is 6.32. The Hall–Kier alpha value is -3.20. The number of primary amides is 1. The van der Waals surface area contributed by atoms with E-state index < -0.39 is 29.9 Å². The van der Waals surface area contributed by atoms with E-state index in [1.165, 1.54) is 5.56 Å². The van der Waals surface area contributed by atoms with Gasteiger partial charge in [0.2, 0.25) is 11.8 Å². The molecule has 5 N–H and O–H groups in total. The molecule has 8 nitrogen and oxygen atoms in total. The van der Waals surface area contributed by atoms with Crippen LogP contribution < -0.4 is 21.1 Å². The number of hydrogen-bond donors (Lipinski definition) is 4. The average molecular weight is 494 g/mol. The first-order valence-electron chi connectivity index (χ1n) is 12.4. The molecule has 1 heterocycles. The van der Waals surface area contributed by atoms with E-state index in [1.807, 2.05) is 54.6 Å². The van der Waals surface area contributed by atoms with Crippen molar-refractivity contribution in [2.24, 2.45) is 11.7 Å². The normalized spacial score (nSPS) is 28.1. The molecule has 2 aromatic rings. The summed E-state index contributed by atoms with van der Waals surface area (Å²) in [6.45, 7) is 0.622. The number of ether oxygens (including phenoxy) is 2. The summed E-state index contributed by atoms with van der Waals surface area (Å²) < 4.78 is 11.6. The molecule has 0 fully saturated rings. The fourth-order valence-electron chi connectivity index (χ4n) is 4.96. The number of carbonyl (C=O) groups excluding carboxylic acids is 2. The Morgan fingerprint density at radius 1 is 1.19 bits per heavy atom. The van der Waals surface area contributed by atoms with Crippen molar-refractivity contribution < 1.29 is 24.2 Å². The summed E-state index contributed by atoms with van der Waals surface area (Å²) in [6.07, 6.45) is 4.75. The first kappa shape index (κ1) is 25.9. The van der Waals surface area contributed by atoms with Crippen molar-refractivity contribution in [3.63, 3.8) is 0 Å². The van der Waals surface area contributed by atoms with Gasteiger partial charge in [0.05, 0.1) is 38.0 Å². The predicted octanol–water partition coefficient (Wildman–Crippen LogP) is 1.81. The molecule has 1 aliphatic heterocycles. The van der Waals surface area contributed by atoms with Crippen molar-refractivity contribution in [3.8, 4) is 5.75 Å². The second kappa shape index (κ2) is 12.2. The van der Waals surface area contributed by atoms with Crippen molar-refractivity contribution in [2.75, 3.05) is 20.3 Å². The molecular weight excluding hydrogens is 458 g/mol. The van der Waals surface area contributed by atoms with Gasteiger partial charge in [-0.15, -0.1) is 0 Å². The zero-order valence-electron chi connectivity index (χ0n) is 20.6. The van der Waals surface area contributed by atoms with Gasteiger partial charge >= 0.3 is 0 Å². The van der Waals surface area contributed by atoms with Crippen LogP contribution in [0.5, 0.6) is 5.75 Å². The Kier molecular flexibility index (Phi) is 8.74. The van der Waals surface area contributed by atoms with E-state index in [1.54, 1.807) is 7.11 Å². The molecule has 36 heavy (non-hydrogen) atoms. The Labute approximate surface area is 211 Å². The molecule has 4 rings (SSSR count). The number of nitrogens with one attached hydrogen (secondary N) is 2. The molecule has 0 saturated heterocycles. The van der Waals surface area contributed by atoms with E-state index in [-0.39, 0.29) is 18.7 Å². The van der Waals surface area contributed by atoms with Gasteiger partial charge in [-0.1, -0.05) is 48.6 Å². The molecule has 0 bridgehead atoms. The van der Waals surface area contributed by atoms with Crippen LogP contribution in [0, 0.1) is 5.92 Å². The van der Waals surface area contributed by atoms with E-state index in [0.29, 0.717) is 25.9 Å². The van der Waals surface area contributed by atoms with Gasteiger partial charge < -0.3 is 30.9 Å². The fraction of sp³-hybridized carbons (Fsp3) is 0.429. The van der Waals surface area contributed by atoms with Gasteiger partial charge in [0.1, 0.15) is 11.7 Å². The Morgan fingerprint density at radius 2 is 2.00 bits per heavy atom. The van der Waals surface area contributed by atoms with E-state index in [2.05, 4.69) is 16.7 Å². The maximum absolute atomic E-state index is 13.1. The average Bonchev–Trinajstić information content (AvgIpc) is 3.22. The molecule has 0 radical (unpaired) electrons. The molecule has 2 aromatic carbocycles. The van der Waals surface area contributed by atoms with Gasteiger partial charge in [-0.05, 0) is 48.1 Å². The highest BCUT2D eigenvalue weighted by atomic mass is 16.5. The van der Waals surface area contributed by atoms with Crippen molar-refractivity contribution in [1.29, 1.82) is 0 Å². The van der Waals surface area contributed by atoms with Crippen LogP contribution >= 0.6 is 0 Å². The van der Waals surface area contributed by atoms with Crippen molar-refractivity contribution >= 4 is 11.8 Å². The quantitative estimate of drug-likeness (QED) is 0.381. The number of aliphatic hydroxyl groups excluding tert-OH is 1. The number of amides is 2. The zero-order valence-corrected chi connectivity index (χ0v) is 20.6. The van der Waals surface area contributed by atoms with Gasteiger partial charge in [-0.3, -0.25) is 9.59 Å². The molecule has 192 valence electrons. The summed E-state index contributed by atoms with van der Waals surface area (Å²) in [5.74, 6) is -1.35. The van der Waals surface area contributed by atoms with Crippen molar-refractivity contribution in [1.82, 2.24) is 10.6 Å². The number of benzene rings is 2. The Bertz CT molecular complexity index is 1070. The van der Waals surface area contributed by atoms with Crippen LogP contribution in [-0.2, 0) is 27.2 Å². The molecule has 0 aromatic heterocycles. The van der Waals surface area contributed by atoms with Gasteiger partial charge in [0.15, 0.2) is 0 Å². The molecule has 1 aliphatic carbocycles. The highest BCUT2D eigenvalue weighted by Gasteiger charge is 2.35. The maximum Gasteiger partial charge on any atom is 0.232 e. The summed E-state index contributed by atoms with van der Waals surface area (Å²) in [6, 6.07) is 14.9. The van der Waals surface area contributed by atoms with Gasteiger partial charge in [0, 0.05) is 13.0 Å². The third-order valence-electron chi connectivity index (χ3n) is 6.97. The lowest BCUT2D eigenvalue weighted by atomic mass is 9.97. The Balaban J connectivity index is 1.60. The van der Waals surface area contributed by atoms with E-state index in [9.17, 15) is 14.7 Å². The predicted molar refractivity (Wildman–Crippen MR) is 136 cm³/mol. The number of nitrogens with two attached hydrogens (primary N) is 1. The number of allylic oxidation sites excluding steroid dienone is 1. The number of hydrogen-bond acceptors (Lipinski definition) is 6. The number of fused-ring (bicyclic) bond motifs is 3. The molecule has 2 aliphatic rings. The molecular formula is C28H35N3O5. The Morgan fingerprint density at radius 3 is 2.75 bits per heavy atom. The highest BCUT2D eigenvalue weighted by Crippen LogP contribution is 2.36. The van der Waals surface area contributed by atoms with Crippen LogP contribution in [0.3, 0.4) is 0 Å². The lowest BCUT2D eigenvalue weighted by Crippen LogP contribution is -2.52. The monoisotopic (exact) mass is 493 g/mol. The number of methoxy groups -OCH3 is 1. The lowest BCUT2D eigenvalue weighted by Gasteiger charge is -2.29. The molecule has 2 amide bonds. The third-order valence-corrected chi connectivity index (χ3v) is 6.97. The summed E-state index contributed by atoms with van der Waals surface area (Å²) >= 11 is 0. The summed E-state index contributed by atoms with van der Waals surface area (Å²) in [5, 5.41) is 17.6. The van der Waals surface area contributed by atoms with Crippen LogP contribution in [-0.4, -0.2) is 55.4 Å². The molecule has 0 spiro atoms. The number of β-amino-alcohol motifs (C(OH)–C–C–N with tert-alkyl or cyclic N) is 1. The zero-order chi connectivity index (χ0) is 25.5. The van der Waals surface area contributed by atoms with Gasteiger partial charge in [-0.2, -0.15) is 0 Å². The van der Waals surface area contributed by atoms with Crippen LogP contribution in [0.15, 0.2) is 60.7 Å². The lowest BCUT2D eigenvalue weighted by molar-refractivity contribution is -0.134. The second-order valence-corrected chi connectivity index (χ2v) is 9.40. The number of carbonyl (C=O) groups is 2. The van der Waals surface area contributed by atoms with Crippen LogP contribution in [0.4, 0.5) is 0 Å². The van der Waals surface area contributed by atoms with Crippen molar-refractivity contribution in [2.45, 2.75) is 50.0 Å². The smallest absolute Gasteiger partial charge is 0.232 e. The summed E-state index contributed by atoms with van der Waals surface area (Å²) in [4.78, 5) is 25.1. The minimum Gasteiger partial charge on any atom is -0.497 e. The minimum atomic E-state index is -0.974. The molecule has 5 atom stereocenters. The SMILES string of the molecule is COc1ccc2c(c1)[C@H]1NC[C@@H](O)[C@H](Cc3ccccc3)NC(=O)[C@H](C(N)=O)CC/C=C\CO[C@H]1C2. The maximum atomic E-state index is 13.1. The number of rotatable bonds is 4. The minimum absolute atomic E-state index is 0.116. The van der Waals surface area contributed by atoms with Crippen molar-refractivity contribution in [3.05, 3.63) is 77.4 Å². The standard InChI is InChI=1S/C28H35N3O5/c1-35-20-12-11-19-15-25-26(22(19)16-20)30-17-24(32)23(14-18-8-4-2-5-9-18)31-28(34)21(27(29)33)10-6-3-7-13-36-25/h2-5,7-9,11-12,16,21,23-26,30,32H,6,10,13-15,17H2,1H3,(H2,29,33)(H,31,34)/b7-3-/t21-,23-,24+,25-,26+/m0/s1. The van der Waals surface area contributed by atoms with E-state index in [0.717, 1.165) is 23.3 Å². The fourth-order valence-corrected chi connectivity index (χ4v) is 4.96. The first-order valence-corrected chi connectivity index (χ1v) is 12.4. The summed E-state index contributed by atoms with van der Waals surface area (Å²) in [7, 11) is 1.64. The van der Waals surface area contributed by atoms with Gasteiger partial charge in [-0.25, -0.2) is 0 Å². The van der Waals surface area contributed by atoms with Crippen LogP contribution in [0.2, 0.25) is 0 Å². The first-order chi connectivity index (χ1) is 17.5. The largest absolute Gasteiger partial charge is 0.497 e. The second-order valence-electron chi connectivity index (χ2n) is 9.40. The topological polar surface area (TPSA) is 123 Å². The van der Waals surface area contributed by atoms with Crippen LogP contribution in [0.25, 0.3) is 0 Å². The highest BCUT2D eigenvalue weighted by molar-refractivity contribution is 5.99. The number of aliphatic hydroxyl groups is 1. The van der Waals surface area contributed by atoms with Gasteiger partial charge in [0.25, 0.3) is 0 Å². The van der Waals surface area contributed by atoms with Crippen LogP contribution in [0.1, 0.15) is 35.6 Å². The summed E-state index contributed by atoms with van der Waals surface area (Å²) in [5.41, 5.74) is 8.77. The molecule has 8 heteroatoms.